The zero-order valence-corrected chi connectivity index (χ0v) is 12.0. The molecule has 0 aliphatic rings. The van der Waals surface area contributed by atoms with E-state index in [0.717, 1.165) is 34.1 Å². The molecule has 1 N–H and O–H groups in total. The fourth-order valence-electron chi connectivity index (χ4n) is 2.38. The SMILES string of the molecule is CC(=O)Nc1ccc(-c2cc(C=O)c3ccccc3n2)cc1. The molecular formula is C18H14N2O2. The van der Waals surface area contributed by atoms with Crippen LogP contribution in [0.3, 0.4) is 0 Å². The predicted molar refractivity (Wildman–Crippen MR) is 86.9 cm³/mol. The highest BCUT2D eigenvalue weighted by atomic mass is 16.1. The molecule has 0 aliphatic carbocycles. The van der Waals surface area contributed by atoms with Crippen molar-refractivity contribution >= 4 is 28.8 Å². The van der Waals surface area contributed by atoms with Crippen LogP contribution in [0.25, 0.3) is 22.2 Å². The van der Waals surface area contributed by atoms with Crippen LogP contribution in [-0.4, -0.2) is 17.2 Å². The monoisotopic (exact) mass is 290 g/mol. The third-order valence-corrected chi connectivity index (χ3v) is 3.38. The van der Waals surface area contributed by atoms with E-state index in [0.29, 0.717) is 5.56 Å². The maximum atomic E-state index is 11.3. The lowest BCUT2D eigenvalue weighted by atomic mass is 10.0. The number of pyridine rings is 1. The fourth-order valence-corrected chi connectivity index (χ4v) is 2.38. The largest absolute Gasteiger partial charge is 0.326 e. The van der Waals surface area contributed by atoms with E-state index >= 15 is 0 Å². The van der Waals surface area contributed by atoms with E-state index in [-0.39, 0.29) is 5.91 Å². The van der Waals surface area contributed by atoms with Gasteiger partial charge in [-0.1, -0.05) is 30.3 Å². The zero-order chi connectivity index (χ0) is 15.5. The molecule has 0 atom stereocenters. The summed E-state index contributed by atoms with van der Waals surface area (Å²) >= 11 is 0. The van der Waals surface area contributed by atoms with Crippen LogP contribution < -0.4 is 5.32 Å². The molecular weight excluding hydrogens is 276 g/mol. The Morgan fingerprint density at radius 1 is 1.09 bits per heavy atom. The summed E-state index contributed by atoms with van der Waals surface area (Å²) in [7, 11) is 0. The number of amides is 1. The summed E-state index contributed by atoms with van der Waals surface area (Å²) < 4.78 is 0. The average molecular weight is 290 g/mol. The first-order chi connectivity index (χ1) is 10.7. The Morgan fingerprint density at radius 2 is 1.82 bits per heavy atom. The van der Waals surface area contributed by atoms with E-state index in [1.54, 1.807) is 6.07 Å². The number of hydrogen-bond donors (Lipinski definition) is 1. The lowest BCUT2D eigenvalue weighted by Crippen LogP contribution is -2.05. The van der Waals surface area contributed by atoms with Gasteiger partial charge in [0.1, 0.15) is 0 Å². The van der Waals surface area contributed by atoms with E-state index in [1.165, 1.54) is 6.92 Å². The summed E-state index contributed by atoms with van der Waals surface area (Å²) in [5.74, 6) is -0.111. The summed E-state index contributed by atoms with van der Waals surface area (Å²) in [5, 5.41) is 3.56. The summed E-state index contributed by atoms with van der Waals surface area (Å²) in [5.41, 5.74) is 3.75. The van der Waals surface area contributed by atoms with Gasteiger partial charge in [0.15, 0.2) is 6.29 Å². The molecule has 3 aromatic rings. The normalized spacial score (nSPS) is 10.4. The molecule has 22 heavy (non-hydrogen) atoms. The quantitative estimate of drug-likeness (QED) is 0.749. The van der Waals surface area contributed by atoms with Crippen LogP contribution in [0.4, 0.5) is 5.69 Å². The van der Waals surface area contributed by atoms with Crippen molar-refractivity contribution in [1.29, 1.82) is 0 Å². The maximum Gasteiger partial charge on any atom is 0.221 e. The highest BCUT2D eigenvalue weighted by Crippen LogP contribution is 2.25. The van der Waals surface area contributed by atoms with Crippen molar-refractivity contribution in [2.24, 2.45) is 0 Å². The van der Waals surface area contributed by atoms with Crippen molar-refractivity contribution in [1.82, 2.24) is 4.98 Å². The highest BCUT2D eigenvalue weighted by molar-refractivity contribution is 5.98. The third kappa shape index (κ3) is 2.72. The summed E-state index contributed by atoms with van der Waals surface area (Å²) in [6.45, 7) is 1.47. The number of para-hydroxylation sites is 1. The Balaban J connectivity index is 2.06. The molecule has 0 saturated heterocycles. The Labute approximate surface area is 127 Å². The van der Waals surface area contributed by atoms with Gasteiger partial charge in [-0.15, -0.1) is 0 Å². The van der Waals surface area contributed by atoms with E-state index < -0.39 is 0 Å². The van der Waals surface area contributed by atoms with E-state index in [4.69, 9.17) is 0 Å². The molecule has 0 saturated carbocycles. The Bertz CT molecular complexity index is 855. The van der Waals surface area contributed by atoms with Crippen LogP contribution >= 0.6 is 0 Å². The highest BCUT2D eigenvalue weighted by Gasteiger charge is 2.07. The first-order valence-electron chi connectivity index (χ1n) is 6.90. The van der Waals surface area contributed by atoms with Crippen molar-refractivity contribution in [3.63, 3.8) is 0 Å². The van der Waals surface area contributed by atoms with Gasteiger partial charge in [0.25, 0.3) is 0 Å². The standard InChI is InChI=1S/C18H14N2O2/c1-12(22)19-15-8-6-13(7-9-15)18-10-14(11-21)16-4-2-3-5-17(16)20-18/h2-11H,1H3,(H,19,22). The molecule has 4 nitrogen and oxygen atoms in total. The van der Waals surface area contributed by atoms with Crippen molar-refractivity contribution in [2.45, 2.75) is 6.92 Å². The minimum atomic E-state index is -0.111. The van der Waals surface area contributed by atoms with Gasteiger partial charge in [-0.25, -0.2) is 4.98 Å². The number of nitrogens with zero attached hydrogens (tertiary/aromatic N) is 1. The van der Waals surface area contributed by atoms with Crippen LogP contribution in [0, 0.1) is 0 Å². The van der Waals surface area contributed by atoms with Gasteiger partial charge < -0.3 is 5.32 Å². The van der Waals surface area contributed by atoms with Crippen molar-refractivity contribution < 1.29 is 9.59 Å². The van der Waals surface area contributed by atoms with Crippen LogP contribution in [0.5, 0.6) is 0 Å². The third-order valence-electron chi connectivity index (χ3n) is 3.38. The number of carbonyl (C=O) groups is 2. The van der Waals surface area contributed by atoms with E-state index in [9.17, 15) is 9.59 Å². The zero-order valence-electron chi connectivity index (χ0n) is 12.0. The van der Waals surface area contributed by atoms with Crippen molar-refractivity contribution in [3.8, 4) is 11.3 Å². The van der Waals surface area contributed by atoms with Crippen LogP contribution in [-0.2, 0) is 4.79 Å². The number of anilines is 1. The average Bonchev–Trinajstić information content (AvgIpc) is 2.54. The molecule has 1 aromatic heterocycles. The van der Waals surface area contributed by atoms with Crippen LogP contribution in [0.1, 0.15) is 17.3 Å². The molecule has 108 valence electrons. The predicted octanol–water partition coefficient (Wildman–Crippen LogP) is 3.67. The topological polar surface area (TPSA) is 59.1 Å². The van der Waals surface area contributed by atoms with Gasteiger partial charge in [-0.2, -0.15) is 0 Å². The summed E-state index contributed by atoms with van der Waals surface area (Å²) in [6, 6.07) is 16.7. The van der Waals surface area contributed by atoms with Crippen molar-refractivity contribution in [3.05, 3.63) is 60.2 Å². The van der Waals surface area contributed by atoms with Crippen LogP contribution in [0.15, 0.2) is 54.6 Å². The van der Waals surface area contributed by atoms with Gasteiger partial charge in [0.05, 0.1) is 11.2 Å². The first-order valence-corrected chi connectivity index (χ1v) is 6.90. The number of aldehydes is 1. The summed E-state index contributed by atoms with van der Waals surface area (Å²) in [6.07, 6.45) is 0.846. The molecule has 1 amide bonds. The lowest BCUT2D eigenvalue weighted by Gasteiger charge is -2.07. The summed E-state index contributed by atoms with van der Waals surface area (Å²) in [4.78, 5) is 26.9. The van der Waals surface area contributed by atoms with Gasteiger partial charge in [-0.05, 0) is 24.3 Å². The number of fused-ring (bicyclic) bond motifs is 1. The van der Waals surface area contributed by atoms with Gasteiger partial charge >= 0.3 is 0 Å². The molecule has 3 rings (SSSR count). The number of aromatic nitrogens is 1. The number of carbonyl (C=O) groups excluding carboxylic acids is 2. The molecule has 4 heteroatoms. The smallest absolute Gasteiger partial charge is 0.221 e. The molecule has 0 bridgehead atoms. The molecule has 0 aliphatic heterocycles. The molecule has 0 spiro atoms. The van der Waals surface area contributed by atoms with Gasteiger partial charge in [0.2, 0.25) is 5.91 Å². The maximum absolute atomic E-state index is 11.3. The van der Waals surface area contributed by atoms with Gasteiger partial charge in [0, 0.05) is 29.1 Å². The van der Waals surface area contributed by atoms with Crippen molar-refractivity contribution in [2.75, 3.05) is 5.32 Å². The Morgan fingerprint density at radius 3 is 2.50 bits per heavy atom. The second-order valence-electron chi connectivity index (χ2n) is 4.99. The molecule has 0 unspecified atom stereocenters. The molecule has 2 aromatic carbocycles. The number of rotatable bonds is 3. The van der Waals surface area contributed by atoms with E-state index in [1.807, 2.05) is 48.5 Å². The lowest BCUT2D eigenvalue weighted by molar-refractivity contribution is -0.114. The Kier molecular flexibility index (Phi) is 3.66. The van der Waals surface area contributed by atoms with Gasteiger partial charge in [-0.3, -0.25) is 9.59 Å². The molecule has 0 radical (unpaired) electrons. The second kappa shape index (κ2) is 5.77. The minimum Gasteiger partial charge on any atom is -0.326 e. The second-order valence-corrected chi connectivity index (χ2v) is 4.99. The Hall–Kier alpha value is -3.01. The number of nitrogens with one attached hydrogen (secondary N) is 1. The molecule has 1 heterocycles. The minimum absolute atomic E-state index is 0.111. The van der Waals surface area contributed by atoms with Crippen LogP contribution in [0.2, 0.25) is 0 Å². The molecule has 0 fully saturated rings. The number of benzene rings is 2. The van der Waals surface area contributed by atoms with E-state index in [2.05, 4.69) is 10.3 Å². The number of hydrogen-bond acceptors (Lipinski definition) is 3. The fraction of sp³-hybridized carbons (Fsp3) is 0.0556. The first kappa shape index (κ1) is 13.9.